The number of nitrogens with zero attached hydrogens (tertiary/aromatic N) is 2. The van der Waals surface area contributed by atoms with Gasteiger partial charge in [-0.1, -0.05) is 0 Å². The minimum atomic E-state index is -0.422. The molecule has 2 rings (SSSR count). The number of rotatable bonds is 2. The third-order valence-electron chi connectivity index (χ3n) is 2.71. The number of hydrogen-bond donors (Lipinski definition) is 0. The van der Waals surface area contributed by atoms with Gasteiger partial charge >= 0.3 is 0 Å². The SMILES string of the molecule is COC1CCCc2ncc([N+](=O)[O-])cc21. The number of nitro groups is 1. The monoisotopic (exact) mass is 208 g/mol. The van der Waals surface area contributed by atoms with Gasteiger partial charge in [0.25, 0.3) is 5.69 Å². The van der Waals surface area contributed by atoms with Crippen molar-refractivity contribution in [1.82, 2.24) is 4.98 Å². The fourth-order valence-electron chi connectivity index (χ4n) is 1.94. The summed E-state index contributed by atoms with van der Waals surface area (Å²) in [5.41, 5.74) is 1.84. The van der Waals surface area contributed by atoms with E-state index in [9.17, 15) is 10.1 Å². The number of ether oxygens (including phenoxy) is 1. The molecule has 1 aliphatic carbocycles. The Balaban J connectivity index is 2.43. The second-order valence-electron chi connectivity index (χ2n) is 3.60. The largest absolute Gasteiger partial charge is 0.377 e. The number of fused-ring (bicyclic) bond motifs is 1. The van der Waals surface area contributed by atoms with Crippen LogP contribution in [0.5, 0.6) is 0 Å². The quantitative estimate of drug-likeness (QED) is 0.550. The van der Waals surface area contributed by atoms with Gasteiger partial charge in [-0.25, -0.2) is 0 Å². The Morgan fingerprint density at radius 3 is 3.13 bits per heavy atom. The maximum absolute atomic E-state index is 10.6. The van der Waals surface area contributed by atoms with Gasteiger partial charge in [-0.05, 0) is 19.3 Å². The highest BCUT2D eigenvalue weighted by Gasteiger charge is 2.23. The Morgan fingerprint density at radius 1 is 1.67 bits per heavy atom. The van der Waals surface area contributed by atoms with Crippen molar-refractivity contribution in [2.45, 2.75) is 25.4 Å². The van der Waals surface area contributed by atoms with Crippen LogP contribution in [0.2, 0.25) is 0 Å². The lowest BCUT2D eigenvalue weighted by Gasteiger charge is -2.22. The summed E-state index contributed by atoms with van der Waals surface area (Å²) in [7, 11) is 1.62. The molecule has 80 valence electrons. The van der Waals surface area contributed by atoms with Crippen LogP contribution in [0.3, 0.4) is 0 Å². The molecule has 0 saturated carbocycles. The van der Waals surface area contributed by atoms with Crippen molar-refractivity contribution in [1.29, 1.82) is 0 Å². The molecule has 1 unspecified atom stereocenters. The summed E-state index contributed by atoms with van der Waals surface area (Å²) >= 11 is 0. The van der Waals surface area contributed by atoms with E-state index >= 15 is 0 Å². The molecule has 0 aliphatic heterocycles. The molecule has 1 atom stereocenters. The van der Waals surface area contributed by atoms with Crippen molar-refractivity contribution >= 4 is 5.69 Å². The highest BCUT2D eigenvalue weighted by atomic mass is 16.6. The van der Waals surface area contributed by atoms with E-state index in [0.717, 1.165) is 30.5 Å². The first kappa shape index (κ1) is 10.0. The lowest BCUT2D eigenvalue weighted by Crippen LogP contribution is -2.13. The zero-order valence-corrected chi connectivity index (χ0v) is 8.47. The molecular weight excluding hydrogens is 196 g/mol. The molecule has 15 heavy (non-hydrogen) atoms. The topological polar surface area (TPSA) is 65.3 Å². The molecule has 5 nitrogen and oxygen atoms in total. The first-order valence-electron chi connectivity index (χ1n) is 4.88. The predicted molar refractivity (Wildman–Crippen MR) is 53.6 cm³/mol. The maximum Gasteiger partial charge on any atom is 0.287 e. The number of methoxy groups -OCH3 is 1. The zero-order chi connectivity index (χ0) is 10.8. The number of aromatic nitrogens is 1. The highest BCUT2D eigenvalue weighted by Crippen LogP contribution is 2.32. The van der Waals surface area contributed by atoms with Crippen LogP contribution in [0.25, 0.3) is 0 Å². The maximum atomic E-state index is 10.6. The van der Waals surface area contributed by atoms with Crippen LogP contribution >= 0.6 is 0 Å². The average molecular weight is 208 g/mol. The molecular formula is C10H12N2O3. The smallest absolute Gasteiger partial charge is 0.287 e. The van der Waals surface area contributed by atoms with E-state index in [1.165, 1.54) is 6.20 Å². The van der Waals surface area contributed by atoms with Gasteiger partial charge in [0, 0.05) is 24.4 Å². The van der Waals surface area contributed by atoms with Gasteiger partial charge < -0.3 is 4.74 Å². The van der Waals surface area contributed by atoms with Crippen molar-refractivity contribution in [3.05, 3.63) is 33.6 Å². The summed E-state index contributed by atoms with van der Waals surface area (Å²) in [5, 5.41) is 10.6. The van der Waals surface area contributed by atoms with Crippen LogP contribution in [-0.4, -0.2) is 17.0 Å². The van der Waals surface area contributed by atoms with Gasteiger partial charge in [-0.2, -0.15) is 0 Å². The van der Waals surface area contributed by atoms with E-state index in [1.54, 1.807) is 13.2 Å². The molecule has 0 radical (unpaired) electrons. The molecule has 1 heterocycles. The van der Waals surface area contributed by atoms with E-state index in [-0.39, 0.29) is 11.8 Å². The Kier molecular flexibility index (Phi) is 2.64. The molecule has 5 heteroatoms. The number of aryl methyl sites for hydroxylation is 1. The van der Waals surface area contributed by atoms with Crippen LogP contribution in [-0.2, 0) is 11.2 Å². The molecule has 0 aromatic carbocycles. The number of pyridine rings is 1. The van der Waals surface area contributed by atoms with E-state index in [1.807, 2.05) is 0 Å². The van der Waals surface area contributed by atoms with E-state index in [4.69, 9.17) is 4.74 Å². The normalized spacial score (nSPS) is 19.7. The van der Waals surface area contributed by atoms with E-state index in [0.29, 0.717) is 0 Å². The molecule has 0 saturated heterocycles. The van der Waals surface area contributed by atoms with Crippen molar-refractivity contribution in [2.75, 3.05) is 7.11 Å². The predicted octanol–water partition coefficient (Wildman–Crippen LogP) is 2.01. The molecule has 1 aliphatic rings. The second-order valence-corrected chi connectivity index (χ2v) is 3.60. The Hall–Kier alpha value is -1.49. The summed E-state index contributed by atoms with van der Waals surface area (Å²) in [6.45, 7) is 0. The zero-order valence-electron chi connectivity index (χ0n) is 8.47. The summed E-state index contributed by atoms with van der Waals surface area (Å²) in [5.74, 6) is 0. The Bertz CT molecular complexity index is 392. The third-order valence-corrected chi connectivity index (χ3v) is 2.71. The summed E-state index contributed by atoms with van der Waals surface area (Å²) in [4.78, 5) is 14.3. The molecule has 1 aromatic rings. The van der Waals surface area contributed by atoms with Gasteiger partial charge in [-0.15, -0.1) is 0 Å². The van der Waals surface area contributed by atoms with Crippen LogP contribution in [0.15, 0.2) is 12.3 Å². The van der Waals surface area contributed by atoms with Crippen LogP contribution < -0.4 is 0 Å². The summed E-state index contributed by atoms with van der Waals surface area (Å²) < 4.78 is 5.29. The molecule has 1 aromatic heterocycles. The van der Waals surface area contributed by atoms with Crippen LogP contribution in [0.4, 0.5) is 5.69 Å². The Morgan fingerprint density at radius 2 is 2.47 bits per heavy atom. The van der Waals surface area contributed by atoms with Crippen molar-refractivity contribution in [3.8, 4) is 0 Å². The summed E-state index contributed by atoms with van der Waals surface area (Å²) in [6, 6.07) is 1.58. The average Bonchev–Trinajstić information content (AvgIpc) is 2.27. The standard InChI is InChI=1S/C10H12N2O3/c1-15-10-4-2-3-9-8(10)5-7(6-11-9)12(13)14/h5-6,10H,2-4H2,1H3. The van der Waals surface area contributed by atoms with Gasteiger partial charge in [-0.3, -0.25) is 15.1 Å². The first-order chi connectivity index (χ1) is 7.22. The third kappa shape index (κ3) is 1.83. The van der Waals surface area contributed by atoms with Crippen molar-refractivity contribution < 1.29 is 9.66 Å². The molecule has 0 N–H and O–H groups in total. The summed E-state index contributed by atoms with van der Waals surface area (Å²) in [6.07, 6.45) is 4.09. The minimum absolute atomic E-state index is 0.0395. The van der Waals surface area contributed by atoms with Gasteiger partial charge in [0.1, 0.15) is 6.20 Å². The fraction of sp³-hybridized carbons (Fsp3) is 0.500. The lowest BCUT2D eigenvalue weighted by atomic mass is 9.93. The van der Waals surface area contributed by atoms with Crippen molar-refractivity contribution in [2.24, 2.45) is 0 Å². The van der Waals surface area contributed by atoms with Gasteiger partial charge in [0.15, 0.2) is 0 Å². The van der Waals surface area contributed by atoms with Crippen molar-refractivity contribution in [3.63, 3.8) is 0 Å². The van der Waals surface area contributed by atoms with Gasteiger partial charge in [0.05, 0.1) is 11.0 Å². The minimum Gasteiger partial charge on any atom is -0.377 e. The molecule has 0 fully saturated rings. The van der Waals surface area contributed by atoms with E-state index in [2.05, 4.69) is 4.98 Å². The Labute approximate surface area is 87.2 Å². The number of hydrogen-bond acceptors (Lipinski definition) is 4. The fourth-order valence-corrected chi connectivity index (χ4v) is 1.94. The van der Waals surface area contributed by atoms with Gasteiger partial charge in [0.2, 0.25) is 0 Å². The van der Waals surface area contributed by atoms with Crippen LogP contribution in [0, 0.1) is 10.1 Å². The molecule has 0 bridgehead atoms. The van der Waals surface area contributed by atoms with E-state index < -0.39 is 4.92 Å². The molecule has 0 spiro atoms. The molecule has 0 amide bonds. The first-order valence-corrected chi connectivity index (χ1v) is 4.88. The highest BCUT2D eigenvalue weighted by molar-refractivity contribution is 5.36. The lowest BCUT2D eigenvalue weighted by molar-refractivity contribution is -0.385. The second kappa shape index (κ2) is 3.94. The van der Waals surface area contributed by atoms with Crippen LogP contribution in [0.1, 0.15) is 30.2 Å².